The van der Waals surface area contributed by atoms with E-state index in [1.807, 2.05) is 31.2 Å². The minimum absolute atomic E-state index is 0.106. The molecular weight excluding hydrogens is 402 g/mol. The molecular formula is C23H24F2N4O2. The normalized spacial score (nSPS) is 14.5. The highest BCUT2D eigenvalue weighted by Gasteiger charge is 2.24. The summed E-state index contributed by atoms with van der Waals surface area (Å²) in [5.74, 6) is 1.04. The number of fused-ring (bicyclic) bond motifs is 1. The number of hydrogen-bond acceptors (Lipinski definition) is 5. The molecule has 2 aromatic carbocycles. The van der Waals surface area contributed by atoms with Crippen LogP contribution >= 0.6 is 0 Å². The van der Waals surface area contributed by atoms with Crippen LogP contribution in [0.1, 0.15) is 18.4 Å². The number of aromatic hydroxyl groups is 1. The molecule has 4 rings (SSSR count). The first kappa shape index (κ1) is 21.0. The van der Waals surface area contributed by atoms with E-state index in [2.05, 4.69) is 9.88 Å². The molecule has 1 amide bonds. The lowest BCUT2D eigenvalue weighted by Crippen LogP contribution is -2.49. The number of halogens is 2. The predicted octanol–water partition coefficient (Wildman–Crippen LogP) is 4.00. The van der Waals surface area contributed by atoms with Crippen molar-refractivity contribution in [3.63, 3.8) is 0 Å². The van der Waals surface area contributed by atoms with E-state index in [1.54, 1.807) is 23.1 Å². The zero-order valence-electron chi connectivity index (χ0n) is 17.3. The molecule has 6 nitrogen and oxygen atoms in total. The molecule has 1 aliphatic rings. The van der Waals surface area contributed by atoms with Gasteiger partial charge in [0.25, 0.3) is 0 Å². The lowest BCUT2D eigenvalue weighted by atomic mass is 10.1. The van der Waals surface area contributed by atoms with Crippen molar-refractivity contribution in [2.45, 2.75) is 26.2 Å². The summed E-state index contributed by atoms with van der Waals surface area (Å²) in [6.45, 7) is 3.97. The molecule has 3 aromatic rings. The molecule has 1 fully saturated rings. The van der Waals surface area contributed by atoms with Gasteiger partial charge in [-0.05, 0) is 36.8 Å². The molecule has 8 heteroatoms. The fourth-order valence-electron chi connectivity index (χ4n) is 3.81. The highest BCUT2D eigenvalue weighted by atomic mass is 19.3. The lowest BCUT2D eigenvalue weighted by Gasteiger charge is -2.36. The molecule has 0 aliphatic carbocycles. The number of carbonyl (C=O) groups excluding carboxylic acids is 1. The summed E-state index contributed by atoms with van der Waals surface area (Å²) in [5, 5.41) is 11.2. The summed E-state index contributed by atoms with van der Waals surface area (Å²) in [4.78, 5) is 25.4. The highest BCUT2D eigenvalue weighted by molar-refractivity contribution is 5.92. The molecule has 0 bridgehead atoms. The Kier molecular flexibility index (Phi) is 5.97. The molecule has 0 unspecified atom stereocenters. The van der Waals surface area contributed by atoms with Crippen molar-refractivity contribution in [2.75, 3.05) is 31.1 Å². The van der Waals surface area contributed by atoms with Gasteiger partial charge in [-0.2, -0.15) is 0 Å². The fraction of sp³-hybridized carbons (Fsp3) is 0.348. The maximum absolute atomic E-state index is 12.4. The Morgan fingerprint density at radius 1 is 1.10 bits per heavy atom. The zero-order valence-corrected chi connectivity index (χ0v) is 17.3. The molecule has 0 atom stereocenters. The van der Waals surface area contributed by atoms with E-state index >= 15 is 0 Å². The van der Waals surface area contributed by atoms with Gasteiger partial charge in [0.05, 0.1) is 11.1 Å². The van der Waals surface area contributed by atoms with Crippen LogP contribution in [0.25, 0.3) is 22.3 Å². The van der Waals surface area contributed by atoms with Crippen LogP contribution in [0, 0.1) is 6.92 Å². The number of para-hydroxylation sites is 1. The number of amides is 1. The Morgan fingerprint density at radius 3 is 2.55 bits per heavy atom. The van der Waals surface area contributed by atoms with Gasteiger partial charge in [0.15, 0.2) is 5.82 Å². The minimum atomic E-state index is -2.46. The van der Waals surface area contributed by atoms with Gasteiger partial charge in [-0.25, -0.2) is 18.7 Å². The summed E-state index contributed by atoms with van der Waals surface area (Å²) in [5.41, 5.74) is 2.39. The predicted molar refractivity (Wildman–Crippen MR) is 115 cm³/mol. The second-order valence-electron chi connectivity index (χ2n) is 7.71. The van der Waals surface area contributed by atoms with E-state index in [9.17, 15) is 18.7 Å². The van der Waals surface area contributed by atoms with Crippen LogP contribution in [-0.2, 0) is 4.79 Å². The Morgan fingerprint density at radius 2 is 1.84 bits per heavy atom. The summed E-state index contributed by atoms with van der Waals surface area (Å²) in [6, 6.07) is 12.9. The van der Waals surface area contributed by atoms with Gasteiger partial charge in [-0.15, -0.1) is 0 Å². The van der Waals surface area contributed by atoms with Crippen LogP contribution in [0.15, 0.2) is 42.5 Å². The topological polar surface area (TPSA) is 69.6 Å². The number of benzene rings is 2. The van der Waals surface area contributed by atoms with E-state index in [-0.39, 0.29) is 18.1 Å². The van der Waals surface area contributed by atoms with Crippen LogP contribution in [-0.4, -0.2) is 58.5 Å². The van der Waals surface area contributed by atoms with Crippen molar-refractivity contribution in [3.05, 3.63) is 48.0 Å². The van der Waals surface area contributed by atoms with Gasteiger partial charge in [-0.1, -0.05) is 18.2 Å². The number of piperazine rings is 1. The smallest absolute Gasteiger partial charge is 0.239 e. The maximum atomic E-state index is 12.4. The lowest BCUT2D eigenvalue weighted by molar-refractivity contribution is -0.132. The molecule has 162 valence electrons. The third kappa shape index (κ3) is 4.57. The first-order chi connectivity index (χ1) is 14.9. The van der Waals surface area contributed by atoms with E-state index in [0.717, 1.165) is 22.3 Å². The van der Waals surface area contributed by atoms with Crippen molar-refractivity contribution in [1.29, 1.82) is 0 Å². The molecule has 1 N–H and O–H groups in total. The molecule has 0 spiro atoms. The Labute approximate surface area is 179 Å². The molecule has 1 saturated heterocycles. The van der Waals surface area contributed by atoms with Gasteiger partial charge < -0.3 is 14.9 Å². The summed E-state index contributed by atoms with van der Waals surface area (Å²) in [7, 11) is 0. The number of nitrogens with zero attached hydrogens (tertiary/aromatic N) is 4. The standard InChI is InChI=1S/C23H24F2N4O2/c1-15-6-7-16-18(14-15)26-22(17-4-2-3-5-19(17)30)27-23(16)29-12-10-28(11-13-29)21(31)9-8-20(24)25/h2-7,14,20,30H,8-13H2,1H3. The van der Waals surface area contributed by atoms with E-state index in [4.69, 9.17) is 4.98 Å². The Balaban J connectivity index is 1.63. The SMILES string of the molecule is Cc1ccc2c(N3CCN(C(=O)CCC(F)F)CC3)nc(-c3ccccc3O)nc2c1. The van der Waals surface area contributed by atoms with Crippen LogP contribution in [0.5, 0.6) is 5.75 Å². The molecule has 2 heterocycles. The summed E-state index contributed by atoms with van der Waals surface area (Å²) < 4.78 is 24.8. The molecule has 0 radical (unpaired) electrons. The third-order valence-electron chi connectivity index (χ3n) is 5.49. The van der Waals surface area contributed by atoms with Crippen molar-refractivity contribution in [1.82, 2.24) is 14.9 Å². The molecule has 1 aliphatic heterocycles. The second kappa shape index (κ2) is 8.83. The summed E-state index contributed by atoms with van der Waals surface area (Å²) in [6.07, 6.45) is -3.00. The number of phenolic OH excluding ortho intramolecular Hbond substituents is 1. The zero-order chi connectivity index (χ0) is 22.0. The van der Waals surface area contributed by atoms with E-state index in [1.165, 1.54) is 0 Å². The third-order valence-corrected chi connectivity index (χ3v) is 5.49. The average Bonchev–Trinajstić information content (AvgIpc) is 2.77. The number of hydrogen-bond donors (Lipinski definition) is 1. The number of aromatic nitrogens is 2. The van der Waals surface area contributed by atoms with Crippen LogP contribution in [0.4, 0.5) is 14.6 Å². The average molecular weight is 426 g/mol. The first-order valence-electron chi connectivity index (χ1n) is 10.3. The molecule has 0 saturated carbocycles. The van der Waals surface area contributed by atoms with E-state index in [0.29, 0.717) is 37.6 Å². The minimum Gasteiger partial charge on any atom is -0.507 e. The van der Waals surface area contributed by atoms with Crippen molar-refractivity contribution >= 4 is 22.6 Å². The van der Waals surface area contributed by atoms with Gasteiger partial charge in [0.2, 0.25) is 12.3 Å². The van der Waals surface area contributed by atoms with Gasteiger partial charge in [-0.3, -0.25) is 4.79 Å². The maximum Gasteiger partial charge on any atom is 0.239 e. The monoisotopic (exact) mass is 426 g/mol. The highest BCUT2D eigenvalue weighted by Crippen LogP contribution is 2.32. The Bertz CT molecular complexity index is 1100. The fourth-order valence-corrected chi connectivity index (χ4v) is 3.81. The number of carbonyl (C=O) groups is 1. The number of phenols is 1. The van der Waals surface area contributed by atoms with Gasteiger partial charge >= 0.3 is 0 Å². The summed E-state index contributed by atoms with van der Waals surface area (Å²) >= 11 is 0. The second-order valence-corrected chi connectivity index (χ2v) is 7.71. The number of alkyl halides is 2. The number of rotatable bonds is 5. The number of anilines is 1. The van der Waals surface area contributed by atoms with Crippen LogP contribution < -0.4 is 4.90 Å². The van der Waals surface area contributed by atoms with Gasteiger partial charge in [0, 0.05) is 44.4 Å². The van der Waals surface area contributed by atoms with E-state index < -0.39 is 12.8 Å². The van der Waals surface area contributed by atoms with Gasteiger partial charge in [0.1, 0.15) is 11.6 Å². The van der Waals surface area contributed by atoms with Crippen molar-refractivity contribution in [2.24, 2.45) is 0 Å². The van der Waals surface area contributed by atoms with Crippen LogP contribution in [0.3, 0.4) is 0 Å². The van der Waals surface area contributed by atoms with Crippen molar-refractivity contribution in [3.8, 4) is 17.1 Å². The molecule has 1 aromatic heterocycles. The largest absolute Gasteiger partial charge is 0.507 e. The molecule has 31 heavy (non-hydrogen) atoms. The van der Waals surface area contributed by atoms with Crippen molar-refractivity contribution < 1.29 is 18.7 Å². The Hall–Kier alpha value is -3.29. The number of aryl methyl sites for hydroxylation is 1. The van der Waals surface area contributed by atoms with Crippen LogP contribution in [0.2, 0.25) is 0 Å². The first-order valence-corrected chi connectivity index (χ1v) is 10.3. The quantitative estimate of drug-likeness (QED) is 0.668.